The quantitative estimate of drug-likeness (QED) is 0.827. The van der Waals surface area contributed by atoms with Gasteiger partial charge in [0.2, 0.25) is 0 Å². The Morgan fingerprint density at radius 1 is 1.53 bits per heavy atom. The van der Waals surface area contributed by atoms with Crippen molar-refractivity contribution >= 4 is 6.09 Å². The molecule has 0 aliphatic carbocycles. The lowest BCUT2D eigenvalue weighted by atomic mass is 10.0. The van der Waals surface area contributed by atoms with Crippen LogP contribution in [0.5, 0.6) is 0 Å². The lowest BCUT2D eigenvalue weighted by molar-refractivity contribution is -0.0625. The summed E-state index contributed by atoms with van der Waals surface area (Å²) < 4.78 is 24.4. The second-order valence-corrected chi connectivity index (χ2v) is 4.45. The molecule has 0 aromatic heterocycles. The Hall–Kier alpha value is -1.62. The van der Waals surface area contributed by atoms with Crippen molar-refractivity contribution in [2.45, 2.75) is 26.0 Å². The highest BCUT2D eigenvalue weighted by molar-refractivity contribution is 5.68. The monoisotopic (exact) mass is 267 g/mol. The van der Waals surface area contributed by atoms with Crippen LogP contribution in [-0.2, 0) is 9.47 Å². The van der Waals surface area contributed by atoms with Crippen LogP contribution in [0, 0.1) is 5.82 Å². The van der Waals surface area contributed by atoms with Crippen LogP contribution < -0.4 is 0 Å². The molecule has 19 heavy (non-hydrogen) atoms. The standard InChI is InChI=1S/C14H18FNO3/c1-3-18-14(17)16-8-9-19-13(10(16)2)11-6-4-5-7-12(11)15/h4-7,10,13H,3,8-9H2,1-2H3. The fraction of sp³-hybridized carbons (Fsp3) is 0.500. The van der Waals surface area contributed by atoms with E-state index in [1.165, 1.54) is 6.07 Å². The molecule has 1 saturated heterocycles. The number of carbonyl (C=O) groups is 1. The summed E-state index contributed by atoms with van der Waals surface area (Å²) in [6, 6.07) is 6.22. The van der Waals surface area contributed by atoms with E-state index >= 15 is 0 Å². The van der Waals surface area contributed by atoms with Crippen LogP contribution in [0.3, 0.4) is 0 Å². The Morgan fingerprint density at radius 3 is 2.95 bits per heavy atom. The van der Waals surface area contributed by atoms with Crippen molar-refractivity contribution in [3.8, 4) is 0 Å². The van der Waals surface area contributed by atoms with Gasteiger partial charge in [-0.3, -0.25) is 0 Å². The molecule has 104 valence electrons. The number of rotatable bonds is 2. The predicted molar refractivity (Wildman–Crippen MR) is 68.3 cm³/mol. The molecule has 0 N–H and O–H groups in total. The lowest BCUT2D eigenvalue weighted by Crippen LogP contribution is -2.49. The lowest BCUT2D eigenvalue weighted by Gasteiger charge is -2.38. The van der Waals surface area contributed by atoms with Crippen molar-refractivity contribution in [3.63, 3.8) is 0 Å². The van der Waals surface area contributed by atoms with Gasteiger partial charge < -0.3 is 14.4 Å². The van der Waals surface area contributed by atoms with E-state index in [9.17, 15) is 9.18 Å². The summed E-state index contributed by atoms with van der Waals surface area (Å²) in [4.78, 5) is 13.4. The normalized spacial score (nSPS) is 23.2. The fourth-order valence-electron chi connectivity index (χ4n) is 2.30. The maximum atomic E-state index is 13.8. The van der Waals surface area contributed by atoms with E-state index in [-0.39, 0.29) is 18.0 Å². The number of nitrogens with zero attached hydrogens (tertiary/aromatic N) is 1. The molecular weight excluding hydrogens is 249 g/mol. The molecule has 1 aliphatic rings. The van der Waals surface area contributed by atoms with E-state index in [0.717, 1.165) is 0 Å². The number of morpholine rings is 1. The van der Waals surface area contributed by atoms with Crippen LogP contribution >= 0.6 is 0 Å². The maximum absolute atomic E-state index is 13.8. The van der Waals surface area contributed by atoms with Crippen LogP contribution in [0.2, 0.25) is 0 Å². The van der Waals surface area contributed by atoms with Crippen LogP contribution in [-0.4, -0.2) is 36.8 Å². The third kappa shape index (κ3) is 2.87. The molecule has 2 unspecified atom stereocenters. The Bertz CT molecular complexity index is 452. The average molecular weight is 267 g/mol. The van der Waals surface area contributed by atoms with Crippen LogP contribution in [0.1, 0.15) is 25.5 Å². The molecule has 5 heteroatoms. The van der Waals surface area contributed by atoms with Crippen molar-refractivity contribution in [2.24, 2.45) is 0 Å². The highest BCUT2D eigenvalue weighted by Gasteiger charge is 2.34. The van der Waals surface area contributed by atoms with Crippen molar-refractivity contribution in [2.75, 3.05) is 19.8 Å². The van der Waals surface area contributed by atoms with E-state index < -0.39 is 6.10 Å². The number of hydrogen-bond donors (Lipinski definition) is 0. The minimum atomic E-state index is -0.459. The van der Waals surface area contributed by atoms with E-state index in [0.29, 0.717) is 25.3 Å². The molecule has 1 fully saturated rings. The summed E-state index contributed by atoms with van der Waals surface area (Å²) in [7, 11) is 0. The molecule has 1 heterocycles. The Balaban J connectivity index is 2.19. The predicted octanol–water partition coefficient (Wildman–Crippen LogP) is 2.74. The van der Waals surface area contributed by atoms with Crippen molar-refractivity contribution in [1.29, 1.82) is 0 Å². The van der Waals surface area contributed by atoms with Gasteiger partial charge in [0, 0.05) is 12.1 Å². The van der Waals surface area contributed by atoms with Crippen LogP contribution in [0.4, 0.5) is 9.18 Å². The third-order valence-corrected chi connectivity index (χ3v) is 3.27. The van der Waals surface area contributed by atoms with Gasteiger partial charge in [0.25, 0.3) is 0 Å². The topological polar surface area (TPSA) is 38.8 Å². The number of amides is 1. The first-order valence-electron chi connectivity index (χ1n) is 6.44. The highest BCUT2D eigenvalue weighted by atomic mass is 19.1. The number of ether oxygens (including phenoxy) is 2. The van der Waals surface area contributed by atoms with Crippen LogP contribution in [0.15, 0.2) is 24.3 Å². The van der Waals surface area contributed by atoms with E-state index in [1.807, 2.05) is 6.92 Å². The molecular formula is C14H18FNO3. The molecule has 1 aromatic rings. The summed E-state index contributed by atoms with van der Waals surface area (Å²) in [5.41, 5.74) is 0.476. The van der Waals surface area contributed by atoms with Gasteiger partial charge in [0.1, 0.15) is 11.9 Å². The van der Waals surface area contributed by atoms with Gasteiger partial charge >= 0.3 is 6.09 Å². The second kappa shape index (κ2) is 6.02. The van der Waals surface area contributed by atoms with Gasteiger partial charge in [-0.05, 0) is 19.9 Å². The first-order chi connectivity index (χ1) is 9.15. The number of carbonyl (C=O) groups excluding carboxylic acids is 1. The number of halogens is 1. The minimum Gasteiger partial charge on any atom is -0.450 e. The van der Waals surface area contributed by atoms with Crippen LogP contribution in [0.25, 0.3) is 0 Å². The molecule has 2 rings (SSSR count). The molecule has 1 amide bonds. The van der Waals surface area contributed by atoms with Gasteiger partial charge in [-0.1, -0.05) is 18.2 Å². The molecule has 1 aliphatic heterocycles. The van der Waals surface area contributed by atoms with E-state index in [1.54, 1.807) is 30.0 Å². The minimum absolute atomic E-state index is 0.260. The summed E-state index contributed by atoms with van der Waals surface area (Å²) in [5.74, 6) is -0.315. The molecule has 0 bridgehead atoms. The molecule has 4 nitrogen and oxygen atoms in total. The summed E-state index contributed by atoms with van der Waals surface area (Å²) >= 11 is 0. The zero-order valence-corrected chi connectivity index (χ0v) is 11.1. The summed E-state index contributed by atoms with van der Waals surface area (Å²) in [6.45, 7) is 4.77. The van der Waals surface area contributed by atoms with Crippen molar-refractivity contribution in [3.05, 3.63) is 35.6 Å². The number of benzene rings is 1. The summed E-state index contributed by atoms with van der Waals surface area (Å²) in [5, 5.41) is 0. The van der Waals surface area contributed by atoms with Gasteiger partial charge in [-0.2, -0.15) is 0 Å². The first-order valence-corrected chi connectivity index (χ1v) is 6.44. The molecule has 0 saturated carbocycles. The fourth-order valence-corrected chi connectivity index (χ4v) is 2.30. The smallest absolute Gasteiger partial charge is 0.410 e. The molecule has 0 radical (unpaired) electrons. The Kier molecular flexibility index (Phi) is 4.37. The zero-order valence-electron chi connectivity index (χ0n) is 11.1. The molecule has 1 aromatic carbocycles. The van der Waals surface area contributed by atoms with Gasteiger partial charge in [0.05, 0.1) is 19.3 Å². The van der Waals surface area contributed by atoms with Gasteiger partial charge in [0.15, 0.2) is 0 Å². The van der Waals surface area contributed by atoms with Crippen molar-refractivity contribution < 1.29 is 18.7 Å². The Morgan fingerprint density at radius 2 is 2.26 bits per heavy atom. The average Bonchev–Trinajstić information content (AvgIpc) is 2.40. The molecule has 2 atom stereocenters. The molecule has 0 spiro atoms. The SMILES string of the molecule is CCOC(=O)N1CCOC(c2ccccc2F)C1C. The van der Waals surface area contributed by atoms with E-state index in [4.69, 9.17) is 9.47 Å². The third-order valence-electron chi connectivity index (χ3n) is 3.27. The zero-order chi connectivity index (χ0) is 13.8. The largest absolute Gasteiger partial charge is 0.450 e. The number of hydrogen-bond acceptors (Lipinski definition) is 3. The second-order valence-electron chi connectivity index (χ2n) is 4.45. The van der Waals surface area contributed by atoms with Crippen molar-refractivity contribution in [1.82, 2.24) is 4.90 Å². The maximum Gasteiger partial charge on any atom is 0.410 e. The summed E-state index contributed by atoms with van der Waals surface area (Å²) in [6.07, 6.45) is -0.834. The van der Waals surface area contributed by atoms with Gasteiger partial charge in [-0.25, -0.2) is 9.18 Å². The van der Waals surface area contributed by atoms with E-state index in [2.05, 4.69) is 0 Å². The highest BCUT2D eigenvalue weighted by Crippen LogP contribution is 2.30. The van der Waals surface area contributed by atoms with Gasteiger partial charge in [-0.15, -0.1) is 0 Å². The Labute approximate surface area is 112 Å². The first kappa shape index (κ1) is 13.8.